The van der Waals surface area contributed by atoms with Crippen LogP contribution in [0.4, 0.5) is 0 Å². The molecule has 0 saturated heterocycles. The summed E-state index contributed by atoms with van der Waals surface area (Å²) >= 11 is 1.15. The van der Waals surface area contributed by atoms with Gasteiger partial charge < -0.3 is 10.4 Å². The molecule has 0 aromatic rings. The molecule has 1 aliphatic rings. The standard InChI is InChI=1S/C12H21NO3S/c1-8-4-3-5-10(9(8)2)13-11(14)6-17-7-12(15)16/h8-10H,3-7H2,1-2H3,(H,13,14)(H,15,16)/t8-,9+,10-/m1/s1. The molecule has 0 aliphatic heterocycles. The van der Waals surface area contributed by atoms with Crippen LogP contribution in [0, 0.1) is 11.8 Å². The number of aliphatic carboxylic acids is 1. The lowest BCUT2D eigenvalue weighted by Crippen LogP contribution is -2.44. The highest BCUT2D eigenvalue weighted by Crippen LogP contribution is 2.29. The van der Waals surface area contributed by atoms with Gasteiger partial charge in [-0.25, -0.2) is 0 Å². The van der Waals surface area contributed by atoms with Crippen LogP contribution < -0.4 is 5.32 Å². The van der Waals surface area contributed by atoms with E-state index in [-0.39, 0.29) is 23.5 Å². The lowest BCUT2D eigenvalue weighted by atomic mass is 9.78. The predicted octanol–water partition coefficient (Wildman–Crippen LogP) is 1.75. The zero-order valence-electron chi connectivity index (χ0n) is 10.4. The lowest BCUT2D eigenvalue weighted by Gasteiger charge is -2.34. The summed E-state index contributed by atoms with van der Waals surface area (Å²) in [5.74, 6) is 0.482. The molecule has 0 bridgehead atoms. The molecular weight excluding hydrogens is 238 g/mol. The molecule has 0 unspecified atom stereocenters. The Bertz CT molecular complexity index is 283. The first-order chi connectivity index (χ1) is 8.00. The predicted molar refractivity (Wildman–Crippen MR) is 69.1 cm³/mol. The SMILES string of the molecule is C[C@H]1[C@H](C)CCC[C@H]1NC(=O)CSCC(=O)O. The van der Waals surface area contributed by atoms with E-state index in [0.717, 1.165) is 18.2 Å². The highest BCUT2D eigenvalue weighted by atomic mass is 32.2. The summed E-state index contributed by atoms with van der Waals surface area (Å²) in [6.45, 7) is 4.40. The van der Waals surface area contributed by atoms with Crippen LogP contribution in [0.2, 0.25) is 0 Å². The van der Waals surface area contributed by atoms with Crippen LogP contribution in [-0.4, -0.2) is 34.5 Å². The molecule has 0 spiro atoms. The number of nitrogens with one attached hydrogen (secondary N) is 1. The van der Waals surface area contributed by atoms with Crippen LogP contribution in [0.3, 0.4) is 0 Å². The fraction of sp³-hybridized carbons (Fsp3) is 0.833. The second kappa shape index (κ2) is 6.89. The van der Waals surface area contributed by atoms with E-state index in [4.69, 9.17) is 5.11 Å². The normalized spacial score (nSPS) is 28.7. The van der Waals surface area contributed by atoms with E-state index >= 15 is 0 Å². The molecule has 1 rings (SSSR count). The van der Waals surface area contributed by atoms with Gasteiger partial charge in [-0.05, 0) is 18.3 Å². The van der Waals surface area contributed by atoms with Crippen molar-refractivity contribution in [3.05, 3.63) is 0 Å². The van der Waals surface area contributed by atoms with Crippen molar-refractivity contribution in [2.75, 3.05) is 11.5 Å². The van der Waals surface area contributed by atoms with Crippen LogP contribution in [0.1, 0.15) is 33.1 Å². The van der Waals surface area contributed by atoms with Crippen molar-refractivity contribution >= 4 is 23.6 Å². The largest absolute Gasteiger partial charge is 0.481 e. The summed E-state index contributed by atoms with van der Waals surface area (Å²) < 4.78 is 0. The average Bonchev–Trinajstić information content (AvgIpc) is 2.24. The van der Waals surface area contributed by atoms with Crippen LogP contribution >= 0.6 is 11.8 Å². The van der Waals surface area contributed by atoms with Gasteiger partial charge in [-0.2, -0.15) is 0 Å². The molecule has 1 fully saturated rings. The smallest absolute Gasteiger partial charge is 0.313 e. The molecule has 3 atom stereocenters. The van der Waals surface area contributed by atoms with Gasteiger partial charge in [-0.15, -0.1) is 11.8 Å². The first kappa shape index (κ1) is 14.4. The molecule has 1 amide bonds. The highest BCUT2D eigenvalue weighted by Gasteiger charge is 2.27. The van der Waals surface area contributed by atoms with Crippen molar-refractivity contribution in [1.82, 2.24) is 5.32 Å². The quantitative estimate of drug-likeness (QED) is 0.789. The zero-order chi connectivity index (χ0) is 12.8. The van der Waals surface area contributed by atoms with Gasteiger partial charge in [0.15, 0.2) is 0 Å². The van der Waals surface area contributed by atoms with Gasteiger partial charge in [0.05, 0.1) is 11.5 Å². The number of carbonyl (C=O) groups is 2. The van der Waals surface area contributed by atoms with Gasteiger partial charge in [0.1, 0.15) is 0 Å². The Hall–Kier alpha value is -0.710. The molecule has 5 heteroatoms. The van der Waals surface area contributed by atoms with Gasteiger partial charge in [-0.1, -0.05) is 26.7 Å². The Morgan fingerprint density at radius 3 is 2.65 bits per heavy atom. The number of thioether (sulfide) groups is 1. The molecule has 0 heterocycles. The van der Waals surface area contributed by atoms with Gasteiger partial charge in [0.25, 0.3) is 0 Å². The van der Waals surface area contributed by atoms with Crippen LogP contribution in [0.15, 0.2) is 0 Å². The van der Waals surface area contributed by atoms with Crippen molar-refractivity contribution in [2.45, 2.75) is 39.2 Å². The van der Waals surface area contributed by atoms with E-state index in [1.54, 1.807) is 0 Å². The number of amides is 1. The van der Waals surface area contributed by atoms with Crippen molar-refractivity contribution in [2.24, 2.45) is 11.8 Å². The maximum Gasteiger partial charge on any atom is 0.313 e. The molecular formula is C12H21NO3S. The minimum atomic E-state index is -0.873. The summed E-state index contributed by atoms with van der Waals surface area (Å²) in [5, 5.41) is 11.5. The molecule has 98 valence electrons. The Morgan fingerprint density at radius 1 is 1.29 bits per heavy atom. The summed E-state index contributed by atoms with van der Waals surface area (Å²) in [7, 11) is 0. The van der Waals surface area contributed by atoms with Crippen molar-refractivity contribution < 1.29 is 14.7 Å². The van der Waals surface area contributed by atoms with E-state index in [1.807, 2.05) is 0 Å². The molecule has 0 radical (unpaired) electrons. The Balaban J connectivity index is 2.27. The van der Waals surface area contributed by atoms with E-state index in [0.29, 0.717) is 11.8 Å². The summed E-state index contributed by atoms with van der Waals surface area (Å²) in [6.07, 6.45) is 3.45. The minimum Gasteiger partial charge on any atom is -0.481 e. The van der Waals surface area contributed by atoms with Crippen molar-refractivity contribution in [3.63, 3.8) is 0 Å². The second-order valence-electron chi connectivity index (χ2n) is 4.83. The van der Waals surface area contributed by atoms with Gasteiger partial charge in [0.2, 0.25) is 5.91 Å². The fourth-order valence-corrected chi connectivity index (χ4v) is 2.81. The molecule has 1 aliphatic carbocycles. The topological polar surface area (TPSA) is 66.4 Å². The molecule has 4 nitrogen and oxygen atoms in total. The van der Waals surface area contributed by atoms with Gasteiger partial charge >= 0.3 is 5.97 Å². The Kier molecular flexibility index (Phi) is 5.82. The minimum absolute atomic E-state index is 0.00988. The van der Waals surface area contributed by atoms with Gasteiger partial charge in [-0.3, -0.25) is 9.59 Å². The van der Waals surface area contributed by atoms with E-state index in [1.165, 1.54) is 12.8 Å². The molecule has 17 heavy (non-hydrogen) atoms. The van der Waals surface area contributed by atoms with Crippen LogP contribution in [0.5, 0.6) is 0 Å². The van der Waals surface area contributed by atoms with E-state index in [9.17, 15) is 9.59 Å². The monoisotopic (exact) mass is 259 g/mol. The molecule has 0 aromatic heterocycles. The van der Waals surface area contributed by atoms with E-state index < -0.39 is 5.97 Å². The Labute approximate surface area is 107 Å². The highest BCUT2D eigenvalue weighted by molar-refractivity contribution is 8.00. The Morgan fingerprint density at radius 2 is 2.00 bits per heavy atom. The number of carboxylic acids is 1. The maximum atomic E-state index is 11.6. The van der Waals surface area contributed by atoms with Gasteiger partial charge in [0, 0.05) is 6.04 Å². The summed E-state index contributed by atoms with van der Waals surface area (Å²) in [6, 6.07) is 0.261. The second-order valence-corrected chi connectivity index (χ2v) is 5.81. The fourth-order valence-electron chi connectivity index (χ4n) is 2.27. The summed E-state index contributed by atoms with van der Waals surface area (Å²) in [4.78, 5) is 21.9. The van der Waals surface area contributed by atoms with Crippen LogP contribution in [0.25, 0.3) is 0 Å². The number of carboxylic acid groups (broad SMARTS) is 1. The summed E-state index contributed by atoms with van der Waals surface area (Å²) in [5.41, 5.74) is 0. The third kappa shape index (κ3) is 4.98. The maximum absolute atomic E-state index is 11.6. The van der Waals surface area contributed by atoms with Crippen LogP contribution in [-0.2, 0) is 9.59 Å². The first-order valence-electron chi connectivity index (χ1n) is 6.09. The molecule has 0 aromatic carbocycles. The first-order valence-corrected chi connectivity index (χ1v) is 7.25. The van der Waals surface area contributed by atoms with E-state index in [2.05, 4.69) is 19.2 Å². The number of rotatable bonds is 5. The third-order valence-corrected chi connectivity index (χ3v) is 4.43. The molecule has 2 N–H and O–H groups in total. The average molecular weight is 259 g/mol. The lowest BCUT2D eigenvalue weighted by molar-refractivity contribution is -0.133. The number of carbonyl (C=O) groups excluding carboxylic acids is 1. The zero-order valence-corrected chi connectivity index (χ0v) is 11.3. The number of hydrogen-bond acceptors (Lipinski definition) is 3. The van der Waals surface area contributed by atoms with Crippen molar-refractivity contribution in [1.29, 1.82) is 0 Å². The number of hydrogen-bond donors (Lipinski definition) is 2. The van der Waals surface area contributed by atoms with Crippen molar-refractivity contribution in [3.8, 4) is 0 Å². The third-order valence-electron chi connectivity index (χ3n) is 3.51. The molecule has 1 saturated carbocycles.